The summed E-state index contributed by atoms with van der Waals surface area (Å²) in [7, 11) is 3.67. The SMILES string of the molecule is COC(=O)[C@H]1CN(C)C[C@@H](C)C(=O)OB([C@H](CC(C)C)NC(=O)[C@@H](NC(=O)c2cccc(-c3ccccc3)n2)[C@H](O)c2ccccc2)N1C. The molecule has 1 aromatic heterocycles. The number of rotatable bonds is 11. The van der Waals surface area contributed by atoms with Gasteiger partial charge in [0.2, 0.25) is 5.91 Å². The highest BCUT2D eigenvalue weighted by molar-refractivity contribution is 6.53. The van der Waals surface area contributed by atoms with Crippen molar-refractivity contribution in [1.29, 1.82) is 0 Å². The van der Waals surface area contributed by atoms with Crippen molar-refractivity contribution in [3.63, 3.8) is 0 Å². The standard InChI is InChI=1S/C36H46BN5O7/c1-23(2)20-30(37-42(5)29(36(47)48-6)22-41(4)21-24(3)35(46)49-37)39-34(45)31(32(43)26-16-11-8-12-17-26)40-33(44)28-19-13-18-27(38-28)25-14-9-7-10-15-25/h7-19,23-24,29-32,43H,20-22H2,1-6H3,(H,39,45)(H,40,44)/t24-,29-,30+,31+,32-/m1/s1. The first-order chi connectivity index (χ1) is 23.4. The van der Waals surface area contributed by atoms with Gasteiger partial charge in [0.05, 0.1) is 24.7 Å². The van der Waals surface area contributed by atoms with Crippen molar-refractivity contribution in [3.05, 3.63) is 90.1 Å². The number of nitrogens with one attached hydrogen (secondary N) is 2. The number of hydrogen-bond donors (Lipinski definition) is 3. The van der Waals surface area contributed by atoms with Crippen molar-refractivity contribution in [2.45, 2.75) is 51.3 Å². The van der Waals surface area contributed by atoms with Crippen LogP contribution in [-0.4, -0.2) is 103 Å². The first kappa shape index (κ1) is 37.2. The number of hydrogen-bond acceptors (Lipinski definition) is 10. The van der Waals surface area contributed by atoms with E-state index in [1.807, 2.05) is 56.1 Å². The third-order valence-electron chi connectivity index (χ3n) is 8.55. The fourth-order valence-corrected chi connectivity index (χ4v) is 5.98. The van der Waals surface area contributed by atoms with Crippen LogP contribution in [0.15, 0.2) is 78.9 Å². The van der Waals surface area contributed by atoms with E-state index >= 15 is 0 Å². The molecular formula is C36H46BN5O7. The molecule has 0 radical (unpaired) electrons. The molecule has 3 aromatic rings. The number of carbonyl (C=O) groups is 4. The molecule has 0 aliphatic carbocycles. The molecule has 13 heteroatoms. The molecule has 2 heterocycles. The fraction of sp³-hybridized carbons (Fsp3) is 0.417. The molecule has 0 unspecified atom stereocenters. The molecule has 1 saturated heterocycles. The molecule has 1 aliphatic rings. The van der Waals surface area contributed by atoms with Gasteiger partial charge in [0.25, 0.3) is 11.9 Å². The van der Waals surface area contributed by atoms with Crippen LogP contribution in [-0.2, 0) is 23.8 Å². The van der Waals surface area contributed by atoms with Gasteiger partial charge in [0.15, 0.2) is 0 Å². The number of amides is 2. The predicted octanol–water partition coefficient (Wildman–Crippen LogP) is 2.74. The highest BCUT2D eigenvalue weighted by Gasteiger charge is 2.46. The summed E-state index contributed by atoms with van der Waals surface area (Å²) in [4.78, 5) is 62.2. The van der Waals surface area contributed by atoms with Gasteiger partial charge < -0.3 is 30.0 Å². The Bertz CT molecular complexity index is 1580. The van der Waals surface area contributed by atoms with Gasteiger partial charge in [-0.2, -0.15) is 0 Å². The number of aliphatic hydroxyl groups excluding tert-OH is 1. The second kappa shape index (κ2) is 17.2. The monoisotopic (exact) mass is 671 g/mol. The van der Waals surface area contributed by atoms with E-state index < -0.39 is 60.9 Å². The van der Waals surface area contributed by atoms with E-state index in [0.29, 0.717) is 24.2 Å². The number of ether oxygens (including phenoxy) is 1. The maximum Gasteiger partial charge on any atom is 0.475 e. The minimum absolute atomic E-state index is 0.0127. The molecule has 1 aliphatic heterocycles. The summed E-state index contributed by atoms with van der Waals surface area (Å²) in [6, 6.07) is 20.6. The lowest BCUT2D eigenvalue weighted by molar-refractivity contribution is -0.146. The van der Waals surface area contributed by atoms with Crippen molar-refractivity contribution in [3.8, 4) is 11.3 Å². The zero-order valence-electron chi connectivity index (χ0n) is 28.9. The quantitative estimate of drug-likeness (QED) is 0.205. The van der Waals surface area contributed by atoms with E-state index in [9.17, 15) is 24.3 Å². The Labute approximate surface area is 288 Å². The maximum atomic E-state index is 14.3. The van der Waals surface area contributed by atoms with Gasteiger partial charge in [0.1, 0.15) is 23.9 Å². The van der Waals surface area contributed by atoms with Crippen LogP contribution in [0.2, 0.25) is 0 Å². The van der Waals surface area contributed by atoms with Gasteiger partial charge in [-0.25, -0.2) is 4.98 Å². The number of likely N-dealkylation sites (N-methyl/N-ethyl adjacent to an activating group) is 2. The Hall–Kier alpha value is -4.59. The third kappa shape index (κ3) is 9.75. The van der Waals surface area contributed by atoms with E-state index in [0.717, 1.165) is 5.56 Å². The first-order valence-electron chi connectivity index (χ1n) is 16.4. The summed E-state index contributed by atoms with van der Waals surface area (Å²) in [5.41, 5.74) is 1.84. The summed E-state index contributed by atoms with van der Waals surface area (Å²) >= 11 is 0. The Morgan fingerprint density at radius 2 is 1.63 bits per heavy atom. The molecule has 12 nitrogen and oxygen atoms in total. The fourth-order valence-electron chi connectivity index (χ4n) is 5.98. The molecular weight excluding hydrogens is 625 g/mol. The summed E-state index contributed by atoms with van der Waals surface area (Å²) in [5, 5.41) is 17.2. The number of aromatic nitrogens is 1. The summed E-state index contributed by atoms with van der Waals surface area (Å²) in [6.07, 6.45) is -1.10. The van der Waals surface area contributed by atoms with Gasteiger partial charge in [-0.05, 0) is 44.1 Å². The smallest absolute Gasteiger partial charge is 0.475 e. The van der Waals surface area contributed by atoms with Crippen molar-refractivity contribution < 1.29 is 33.7 Å². The molecule has 0 bridgehead atoms. The topological polar surface area (TPSA) is 150 Å². The highest BCUT2D eigenvalue weighted by Crippen LogP contribution is 2.22. The molecule has 49 heavy (non-hydrogen) atoms. The van der Waals surface area contributed by atoms with Crippen LogP contribution >= 0.6 is 0 Å². The van der Waals surface area contributed by atoms with Crippen LogP contribution in [0.1, 0.15) is 49.3 Å². The van der Waals surface area contributed by atoms with E-state index in [2.05, 4.69) is 15.6 Å². The molecule has 0 spiro atoms. The molecule has 0 saturated carbocycles. The van der Waals surface area contributed by atoms with Crippen molar-refractivity contribution in [2.75, 3.05) is 34.3 Å². The molecule has 3 N–H and O–H groups in total. The summed E-state index contributed by atoms with van der Waals surface area (Å²) in [5.74, 6) is -3.73. The number of methoxy groups -OCH3 is 1. The number of pyridine rings is 1. The van der Waals surface area contributed by atoms with Gasteiger partial charge >= 0.3 is 13.0 Å². The largest absolute Gasteiger partial charge is 0.518 e. The van der Waals surface area contributed by atoms with Gasteiger partial charge in [-0.1, -0.05) is 87.5 Å². The minimum atomic E-state index is -1.47. The maximum absolute atomic E-state index is 14.3. The van der Waals surface area contributed by atoms with Gasteiger partial charge in [0, 0.05) is 18.7 Å². The average molecular weight is 672 g/mol. The van der Waals surface area contributed by atoms with Crippen LogP contribution in [0.3, 0.4) is 0 Å². The third-order valence-corrected chi connectivity index (χ3v) is 8.55. The average Bonchev–Trinajstić information content (AvgIpc) is 3.14. The van der Waals surface area contributed by atoms with Crippen LogP contribution in [0.4, 0.5) is 0 Å². The Kier molecular flexibility index (Phi) is 13.1. The second-order valence-electron chi connectivity index (χ2n) is 13.0. The van der Waals surface area contributed by atoms with E-state index in [1.54, 1.807) is 61.2 Å². The van der Waals surface area contributed by atoms with E-state index in [4.69, 9.17) is 9.39 Å². The second-order valence-corrected chi connectivity index (χ2v) is 13.0. The zero-order valence-corrected chi connectivity index (χ0v) is 28.9. The number of aliphatic hydroxyl groups is 1. The first-order valence-corrected chi connectivity index (χ1v) is 16.4. The molecule has 1 fully saturated rings. The van der Waals surface area contributed by atoms with E-state index in [1.165, 1.54) is 13.2 Å². The van der Waals surface area contributed by atoms with Crippen LogP contribution in [0, 0.1) is 11.8 Å². The predicted molar refractivity (Wildman–Crippen MR) is 186 cm³/mol. The van der Waals surface area contributed by atoms with Gasteiger partial charge in [-0.15, -0.1) is 0 Å². The molecule has 2 aromatic carbocycles. The molecule has 260 valence electrons. The normalized spacial score (nSPS) is 19.4. The van der Waals surface area contributed by atoms with Crippen molar-refractivity contribution in [2.24, 2.45) is 11.8 Å². The Morgan fingerprint density at radius 1 is 0.980 bits per heavy atom. The molecule has 4 rings (SSSR count). The number of nitrogens with zero attached hydrogens (tertiary/aromatic N) is 3. The lowest BCUT2D eigenvalue weighted by atomic mass is 9.66. The lowest BCUT2D eigenvalue weighted by Crippen LogP contribution is -2.64. The zero-order chi connectivity index (χ0) is 35.7. The van der Waals surface area contributed by atoms with Crippen molar-refractivity contribution >= 4 is 30.8 Å². The summed E-state index contributed by atoms with van der Waals surface area (Å²) in [6.45, 7) is 6.25. The van der Waals surface area contributed by atoms with Crippen LogP contribution < -0.4 is 10.6 Å². The number of benzene rings is 2. The Morgan fingerprint density at radius 3 is 2.27 bits per heavy atom. The van der Waals surface area contributed by atoms with E-state index in [-0.39, 0.29) is 18.2 Å². The molecule has 5 atom stereocenters. The van der Waals surface area contributed by atoms with Crippen molar-refractivity contribution in [1.82, 2.24) is 25.3 Å². The molecule has 2 amide bonds. The van der Waals surface area contributed by atoms with Crippen LogP contribution in [0.5, 0.6) is 0 Å². The number of esters is 1. The number of carbonyl (C=O) groups excluding carboxylic acids is 4. The van der Waals surface area contributed by atoms with Gasteiger partial charge in [-0.3, -0.25) is 24.0 Å². The summed E-state index contributed by atoms with van der Waals surface area (Å²) < 4.78 is 11.2. The lowest BCUT2D eigenvalue weighted by Gasteiger charge is -2.36. The highest BCUT2D eigenvalue weighted by atomic mass is 16.5. The Balaban J connectivity index is 1.69. The van der Waals surface area contributed by atoms with Crippen LogP contribution in [0.25, 0.3) is 11.3 Å². The minimum Gasteiger partial charge on any atom is -0.518 e.